The van der Waals surface area contributed by atoms with Crippen molar-refractivity contribution in [3.8, 4) is 11.3 Å². The summed E-state index contributed by atoms with van der Waals surface area (Å²) in [6.45, 7) is 1.71. The van der Waals surface area contributed by atoms with Gasteiger partial charge in [-0.3, -0.25) is 4.79 Å². The molecule has 1 amide bonds. The average Bonchev–Trinajstić information content (AvgIpc) is 3.16. The van der Waals surface area contributed by atoms with E-state index in [0.717, 1.165) is 5.56 Å². The molecule has 2 aromatic heterocycles. The van der Waals surface area contributed by atoms with Gasteiger partial charge in [0.2, 0.25) is 0 Å². The van der Waals surface area contributed by atoms with Crippen molar-refractivity contribution >= 4 is 23.7 Å². The van der Waals surface area contributed by atoms with Gasteiger partial charge in [-0.05, 0) is 37.3 Å². The number of hydrazone groups is 1. The predicted molar refractivity (Wildman–Crippen MR) is 87.7 cm³/mol. The van der Waals surface area contributed by atoms with Crippen LogP contribution < -0.4 is 5.43 Å². The number of amides is 1. The third-order valence-electron chi connectivity index (χ3n) is 3.20. The minimum Gasteiger partial charge on any atom is -0.469 e. The van der Waals surface area contributed by atoms with Gasteiger partial charge in [0.25, 0.3) is 5.91 Å². The Morgan fingerprint density at radius 3 is 2.87 bits per heavy atom. The fraction of sp³-hybridized carbons (Fsp3) is 0.0588. The van der Waals surface area contributed by atoms with E-state index in [2.05, 4.69) is 10.5 Å². The zero-order valence-electron chi connectivity index (χ0n) is 12.2. The molecule has 0 unspecified atom stereocenters. The van der Waals surface area contributed by atoms with Crippen molar-refractivity contribution < 1.29 is 13.6 Å². The highest BCUT2D eigenvalue weighted by Crippen LogP contribution is 2.24. The Kier molecular flexibility index (Phi) is 4.30. The second-order valence-corrected chi connectivity index (χ2v) is 5.24. The second-order valence-electron chi connectivity index (χ2n) is 4.80. The lowest BCUT2D eigenvalue weighted by molar-refractivity contribution is 0.0953. The largest absolute Gasteiger partial charge is 0.469 e. The standard InChI is InChI=1S/C17H13ClN2O3/c1-11-15(7-8-22-11)17(21)20-19-10-14-5-6-16(23-14)12-3-2-4-13(18)9-12/h2-10H,1H3,(H,20,21)/b19-10-. The molecule has 116 valence electrons. The quantitative estimate of drug-likeness (QED) is 0.574. The molecular formula is C17H13ClN2O3. The third-order valence-corrected chi connectivity index (χ3v) is 3.43. The summed E-state index contributed by atoms with van der Waals surface area (Å²) in [5.74, 6) is 1.39. The van der Waals surface area contributed by atoms with E-state index in [9.17, 15) is 4.79 Å². The number of hydrogen-bond acceptors (Lipinski definition) is 4. The maximum absolute atomic E-state index is 11.9. The van der Waals surface area contributed by atoms with Gasteiger partial charge in [0.15, 0.2) is 0 Å². The molecule has 6 heteroatoms. The summed E-state index contributed by atoms with van der Waals surface area (Å²) in [6, 6.07) is 12.5. The molecule has 0 bridgehead atoms. The number of carbonyl (C=O) groups excluding carboxylic acids is 1. The Morgan fingerprint density at radius 2 is 2.13 bits per heavy atom. The van der Waals surface area contributed by atoms with Gasteiger partial charge in [-0.25, -0.2) is 5.43 Å². The van der Waals surface area contributed by atoms with Crippen LogP contribution in [0.25, 0.3) is 11.3 Å². The van der Waals surface area contributed by atoms with Crippen molar-refractivity contribution in [3.63, 3.8) is 0 Å². The Hall–Kier alpha value is -2.79. The minimum atomic E-state index is -0.339. The maximum Gasteiger partial charge on any atom is 0.274 e. The minimum absolute atomic E-state index is 0.339. The highest BCUT2D eigenvalue weighted by Gasteiger charge is 2.10. The van der Waals surface area contributed by atoms with E-state index in [-0.39, 0.29) is 5.91 Å². The second kappa shape index (κ2) is 6.54. The summed E-state index contributed by atoms with van der Waals surface area (Å²) in [7, 11) is 0. The van der Waals surface area contributed by atoms with Crippen molar-refractivity contribution in [1.82, 2.24) is 5.43 Å². The molecule has 0 radical (unpaired) electrons. The smallest absolute Gasteiger partial charge is 0.274 e. The Bertz CT molecular complexity index is 864. The van der Waals surface area contributed by atoms with Gasteiger partial charge in [0.05, 0.1) is 18.0 Å². The predicted octanol–water partition coefficient (Wildman–Crippen LogP) is 4.27. The molecule has 1 aromatic carbocycles. The Balaban J connectivity index is 1.67. The van der Waals surface area contributed by atoms with E-state index in [0.29, 0.717) is 27.9 Å². The van der Waals surface area contributed by atoms with Gasteiger partial charge in [-0.15, -0.1) is 0 Å². The van der Waals surface area contributed by atoms with Crippen LogP contribution in [0.5, 0.6) is 0 Å². The molecular weight excluding hydrogens is 316 g/mol. The number of benzene rings is 1. The Labute approximate surface area is 137 Å². The molecule has 3 aromatic rings. The first kappa shape index (κ1) is 15.1. The normalized spacial score (nSPS) is 11.0. The maximum atomic E-state index is 11.9. The van der Waals surface area contributed by atoms with Crippen LogP contribution in [0.2, 0.25) is 5.02 Å². The SMILES string of the molecule is Cc1occc1C(=O)N/N=C\c1ccc(-c2cccc(Cl)c2)o1. The van der Waals surface area contributed by atoms with Crippen molar-refractivity contribution in [1.29, 1.82) is 0 Å². The molecule has 0 spiro atoms. The van der Waals surface area contributed by atoms with E-state index < -0.39 is 0 Å². The molecule has 5 nitrogen and oxygen atoms in total. The molecule has 0 fully saturated rings. The molecule has 0 saturated heterocycles. The number of nitrogens with zero attached hydrogens (tertiary/aromatic N) is 1. The van der Waals surface area contributed by atoms with Gasteiger partial charge in [0.1, 0.15) is 17.3 Å². The van der Waals surface area contributed by atoms with Crippen molar-refractivity contribution in [2.24, 2.45) is 5.10 Å². The number of hydrogen-bond donors (Lipinski definition) is 1. The van der Waals surface area contributed by atoms with E-state index in [1.54, 1.807) is 25.1 Å². The highest BCUT2D eigenvalue weighted by atomic mass is 35.5. The van der Waals surface area contributed by atoms with Crippen LogP contribution >= 0.6 is 11.6 Å². The molecule has 1 N–H and O–H groups in total. The first-order valence-corrected chi connectivity index (χ1v) is 7.24. The van der Waals surface area contributed by atoms with Gasteiger partial charge in [-0.2, -0.15) is 5.10 Å². The van der Waals surface area contributed by atoms with Crippen LogP contribution in [0, 0.1) is 6.92 Å². The van der Waals surface area contributed by atoms with Crippen molar-refractivity contribution in [3.05, 3.63) is 70.8 Å². The summed E-state index contributed by atoms with van der Waals surface area (Å²) in [6.07, 6.45) is 2.89. The summed E-state index contributed by atoms with van der Waals surface area (Å²) in [4.78, 5) is 11.9. The summed E-state index contributed by atoms with van der Waals surface area (Å²) in [5, 5.41) is 4.51. The summed E-state index contributed by atoms with van der Waals surface area (Å²) < 4.78 is 10.7. The molecule has 23 heavy (non-hydrogen) atoms. The molecule has 2 heterocycles. The molecule has 0 saturated carbocycles. The average molecular weight is 329 g/mol. The van der Waals surface area contributed by atoms with Gasteiger partial charge in [-0.1, -0.05) is 23.7 Å². The zero-order valence-corrected chi connectivity index (χ0v) is 13.0. The van der Waals surface area contributed by atoms with Crippen LogP contribution in [0.3, 0.4) is 0 Å². The summed E-state index contributed by atoms with van der Waals surface area (Å²) in [5.41, 5.74) is 3.74. The summed E-state index contributed by atoms with van der Waals surface area (Å²) >= 11 is 5.96. The first-order chi connectivity index (χ1) is 11.1. The van der Waals surface area contributed by atoms with Gasteiger partial charge >= 0.3 is 0 Å². The fourth-order valence-electron chi connectivity index (χ4n) is 2.05. The molecule has 0 atom stereocenters. The molecule has 0 aliphatic carbocycles. The van der Waals surface area contributed by atoms with E-state index >= 15 is 0 Å². The molecule has 0 aliphatic rings. The van der Waals surface area contributed by atoms with E-state index in [4.69, 9.17) is 20.4 Å². The number of rotatable bonds is 4. The van der Waals surface area contributed by atoms with E-state index in [1.165, 1.54) is 12.5 Å². The molecule has 3 rings (SSSR count). The molecule has 0 aliphatic heterocycles. The zero-order chi connectivity index (χ0) is 16.2. The highest BCUT2D eigenvalue weighted by molar-refractivity contribution is 6.30. The monoisotopic (exact) mass is 328 g/mol. The Morgan fingerprint density at radius 1 is 1.26 bits per heavy atom. The lowest BCUT2D eigenvalue weighted by Gasteiger charge is -1.97. The number of furan rings is 2. The lowest BCUT2D eigenvalue weighted by atomic mass is 10.2. The van der Waals surface area contributed by atoms with Crippen LogP contribution in [-0.2, 0) is 0 Å². The van der Waals surface area contributed by atoms with Crippen LogP contribution in [0.1, 0.15) is 21.9 Å². The van der Waals surface area contributed by atoms with Gasteiger partial charge < -0.3 is 8.83 Å². The number of aryl methyl sites for hydroxylation is 1. The van der Waals surface area contributed by atoms with Crippen LogP contribution in [0.4, 0.5) is 0 Å². The lowest BCUT2D eigenvalue weighted by Crippen LogP contribution is -2.17. The van der Waals surface area contributed by atoms with Gasteiger partial charge in [0, 0.05) is 10.6 Å². The van der Waals surface area contributed by atoms with Crippen LogP contribution in [0.15, 0.2) is 62.7 Å². The fourth-order valence-corrected chi connectivity index (χ4v) is 2.24. The number of halogens is 1. The number of carbonyl (C=O) groups is 1. The first-order valence-electron chi connectivity index (χ1n) is 6.87. The third kappa shape index (κ3) is 3.52. The number of nitrogens with one attached hydrogen (secondary N) is 1. The van der Waals surface area contributed by atoms with Crippen molar-refractivity contribution in [2.45, 2.75) is 6.92 Å². The van der Waals surface area contributed by atoms with Crippen LogP contribution in [-0.4, -0.2) is 12.1 Å². The topological polar surface area (TPSA) is 67.7 Å². The van der Waals surface area contributed by atoms with Crippen molar-refractivity contribution in [2.75, 3.05) is 0 Å². The van der Waals surface area contributed by atoms with E-state index in [1.807, 2.05) is 24.3 Å².